The summed E-state index contributed by atoms with van der Waals surface area (Å²) in [6.07, 6.45) is 3.93. The van der Waals surface area contributed by atoms with Crippen molar-refractivity contribution in [1.82, 2.24) is 0 Å². The Morgan fingerprint density at radius 3 is 2.25 bits per heavy atom. The Kier molecular flexibility index (Phi) is 4.86. The molecule has 5 atom stereocenters. The van der Waals surface area contributed by atoms with Gasteiger partial charge in [0.25, 0.3) is 0 Å². The fourth-order valence-electron chi connectivity index (χ4n) is 5.44. The van der Waals surface area contributed by atoms with E-state index in [0.717, 1.165) is 16.0 Å². The summed E-state index contributed by atoms with van der Waals surface area (Å²) in [6, 6.07) is 11.6. The highest BCUT2D eigenvalue weighted by molar-refractivity contribution is 6.35. The van der Waals surface area contributed by atoms with E-state index in [1.54, 1.807) is 18.2 Å². The second kappa shape index (κ2) is 7.27. The van der Waals surface area contributed by atoms with Gasteiger partial charge in [0.1, 0.15) is 17.9 Å². The zero-order chi connectivity index (χ0) is 22.9. The first-order chi connectivity index (χ1) is 15.1. The van der Waals surface area contributed by atoms with E-state index in [-0.39, 0.29) is 23.6 Å². The number of halogens is 2. The normalized spacial score (nSPS) is 28.5. The Hall–Kier alpha value is -2.47. The fourth-order valence-corrected chi connectivity index (χ4v) is 5.95. The summed E-state index contributed by atoms with van der Waals surface area (Å²) < 4.78 is 0. The van der Waals surface area contributed by atoms with Crippen molar-refractivity contribution >= 4 is 52.6 Å². The lowest BCUT2D eigenvalue weighted by Gasteiger charge is -2.32. The standard InChI is InChI=1S/C25H22Cl2N2O3/c1-25(2,3)22(30)21-19-18(20-17-7-5-4-6-13(17)8-9-28(20)21)23(31)29(24(19)32)16-11-14(26)10-15(27)12-16/h4-12,18-21H,1-3H3/p+1/t18-,19+,20+,21+/m0/s1. The number of carbonyl (C=O) groups is 3. The number of rotatable bonds is 2. The average molecular weight is 470 g/mol. The number of Topliss-reactive ketones (excluding diaryl/α,β-unsaturated/α-hetero) is 1. The lowest BCUT2D eigenvalue weighted by atomic mass is 9.79. The van der Waals surface area contributed by atoms with Gasteiger partial charge in [-0.25, -0.2) is 4.90 Å². The Labute approximate surface area is 196 Å². The van der Waals surface area contributed by atoms with Crippen molar-refractivity contribution in [2.75, 3.05) is 4.90 Å². The third-order valence-corrected chi connectivity index (χ3v) is 7.18. The van der Waals surface area contributed by atoms with Crippen molar-refractivity contribution in [1.29, 1.82) is 0 Å². The summed E-state index contributed by atoms with van der Waals surface area (Å²) in [5.41, 5.74) is 1.68. The first-order valence-corrected chi connectivity index (χ1v) is 11.4. The molecule has 2 saturated heterocycles. The molecule has 3 aliphatic rings. The van der Waals surface area contributed by atoms with Crippen LogP contribution in [-0.4, -0.2) is 23.6 Å². The number of nitrogens with one attached hydrogen (secondary N) is 1. The number of anilines is 1. The zero-order valence-electron chi connectivity index (χ0n) is 17.9. The fraction of sp³-hybridized carbons (Fsp3) is 0.320. The number of nitrogens with zero attached hydrogens (tertiary/aromatic N) is 1. The van der Waals surface area contributed by atoms with E-state index in [0.29, 0.717) is 15.7 Å². The first-order valence-electron chi connectivity index (χ1n) is 10.6. The van der Waals surface area contributed by atoms with Crippen molar-refractivity contribution in [3.8, 4) is 0 Å². The van der Waals surface area contributed by atoms with E-state index in [4.69, 9.17) is 23.2 Å². The van der Waals surface area contributed by atoms with E-state index in [2.05, 4.69) is 0 Å². The highest BCUT2D eigenvalue weighted by Gasteiger charge is 2.68. The van der Waals surface area contributed by atoms with Crippen LogP contribution in [0.2, 0.25) is 10.0 Å². The Balaban J connectivity index is 1.68. The van der Waals surface area contributed by atoms with Crippen molar-refractivity contribution in [3.05, 3.63) is 69.8 Å². The van der Waals surface area contributed by atoms with E-state index in [1.807, 2.05) is 57.3 Å². The SMILES string of the molecule is CC(C)(C)C(=O)[C@H]1[C@@H]2C(=O)N(c3cc(Cl)cc(Cl)c3)C(=O)[C@@H]2[C@H]2c3ccccc3C=C[NH+]21. The molecule has 0 bridgehead atoms. The lowest BCUT2D eigenvalue weighted by Crippen LogP contribution is -3.12. The van der Waals surface area contributed by atoms with Gasteiger partial charge < -0.3 is 0 Å². The van der Waals surface area contributed by atoms with Crippen LogP contribution in [0.25, 0.3) is 6.08 Å². The number of fused-ring (bicyclic) bond motifs is 5. The van der Waals surface area contributed by atoms with E-state index < -0.39 is 23.3 Å². The lowest BCUT2D eigenvalue weighted by molar-refractivity contribution is -0.885. The van der Waals surface area contributed by atoms with Crippen LogP contribution in [-0.2, 0) is 14.4 Å². The van der Waals surface area contributed by atoms with E-state index in [9.17, 15) is 14.4 Å². The van der Waals surface area contributed by atoms with Gasteiger partial charge in [0.2, 0.25) is 11.8 Å². The molecule has 1 unspecified atom stereocenters. The predicted octanol–water partition coefficient (Wildman–Crippen LogP) is 3.71. The Morgan fingerprint density at radius 1 is 0.969 bits per heavy atom. The van der Waals surface area contributed by atoms with Crippen molar-refractivity contribution in [3.63, 3.8) is 0 Å². The maximum atomic E-state index is 13.8. The van der Waals surface area contributed by atoms with Gasteiger partial charge in [0.15, 0.2) is 11.8 Å². The predicted molar refractivity (Wildman–Crippen MR) is 123 cm³/mol. The summed E-state index contributed by atoms with van der Waals surface area (Å²) >= 11 is 12.3. The number of hydrogen-bond acceptors (Lipinski definition) is 3. The van der Waals surface area contributed by atoms with Crippen molar-refractivity contribution in [2.24, 2.45) is 17.3 Å². The number of carbonyl (C=O) groups excluding carboxylic acids is 3. The molecular formula is C25H23Cl2N2O3+. The molecular weight excluding hydrogens is 447 g/mol. The maximum absolute atomic E-state index is 13.8. The molecule has 0 spiro atoms. The molecule has 0 aromatic heterocycles. The van der Waals surface area contributed by atoms with Gasteiger partial charge in [0.05, 0.1) is 11.9 Å². The van der Waals surface area contributed by atoms with Crippen LogP contribution in [0.5, 0.6) is 0 Å². The van der Waals surface area contributed by atoms with Crippen LogP contribution >= 0.6 is 23.2 Å². The molecule has 2 fully saturated rings. The Morgan fingerprint density at radius 2 is 1.59 bits per heavy atom. The number of amides is 2. The first kappa shape index (κ1) is 21.4. The van der Waals surface area contributed by atoms with Crippen molar-refractivity contribution < 1.29 is 19.3 Å². The molecule has 1 N–H and O–H groups in total. The minimum atomic E-state index is -0.747. The van der Waals surface area contributed by atoms with Gasteiger partial charge in [-0.15, -0.1) is 0 Å². The number of ketones is 1. The summed E-state index contributed by atoms with van der Waals surface area (Å²) in [7, 11) is 0. The molecule has 32 heavy (non-hydrogen) atoms. The Bertz CT molecular complexity index is 1180. The van der Waals surface area contributed by atoms with E-state index >= 15 is 0 Å². The molecule has 5 rings (SSSR count). The topological polar surface area (TPSA) is 58.9 Å². The summed E-state index contributed by atoms with van der Waals surface area (Å²) in [4.78, 5) is 43.2. The van der Waals surface area contributed by atoms with Crippen molar-refractivity contribution in [2.45, 2.75) is 32.9 Å². The van der Waals surface area contributed by atoms with Gasteiger partial charge in [-0.05, 0) is 29.8 Å². The second-order valence-corrected chi connectivity index (χ2v) is 10.6. The third-order valence-electron chi connectivity index (χ3n) is 6.75. The quantitative estimate of drug-likeness (QED) is 0.681. The monoisotopic (exact) mass is 469 g/mol. The molecule has 0 radical (unpaired) electrons. The largest absolute Gasteiger partial charge is 0.292 e. The highest BCUT2D eigenvalue weighted by Crippen LogP contribution is 2.46. The minimum Gasteiger partial charge on any atom is -0.292 e. The van der Waals surface area contributed by atoms with Crippen LogP contribution in [0.4, 0.5) is 5.69 Å². The molecule has 0 aliphatic carbocycles. The van der Waals surface area contributed by atoms with Gasteiger partial charge in [-0.2, -0.15) is 0 Å². The molecule has 0 saturated carbocycles. The number of quaternary nitrogens is 1. The zero-order valence-corrected chi connectivity index (χ0v) is 19.4. The smallest absolute Gasteiger partial charge is 0.244 e. The van der Waals surface area contributed by atoms with Gasteiger partial charge in [-0.1, -0.05) is 68.2 Å². The van der Waals surface area contributed by atoms with Gasteiger partial charge in [0, 0.05) is 21.0 Å². The molecule has 2 aromatic carbocycles. The van der Waals surface area contributed by atoms with Crippen LogP contribution in [0, 0.1) is 17.3 Å². The molecule has 7 heteroatoms. The van der Waals surface area contributed by atoms with Gasteiger partial charge in [-0.3, -0.25) is 19.3 Å². The van der Waals surface area contributed by atoms with Gasteiger partial charge >= 0.3 is 0 Å². The number of hydrogen-bond donors (Lipinski definition) is 1. The number of imide groups is 1. The summed E-state index contributed by atoms with van der Waals surface area (Å²) in [6.45, 7) is 5.57. The summed E-state index contributed by atoms with van der Waals surface area (Å²) in [5, 5.41) is 0.677. The molecule has 3 aliphatic heterocycles. The minimum absolute atomic E-state index is 0.0267. The highest BCUT2D eigenvalue weighted by atomic mass is 35.5. The molecule has 2 aromatic rings. The molecule has 164 valence electrons. The second-order valence-electron chi connectivity index (χ2n) is 9.72. The molecule has 2 amide bonds. The van der Waals surface area contributed by atoms with E-state index in [1.165, 1.54) is 4.90 Å². The van der Waals surface area contributed by atoms with Crippen LogP contribution in [0.15, 0.2) is 48.7 Å². The summed E-state index contributed by atoms with van der Waals surface area (Å²) in [5.74, 6) is -2.09. The van der Waals surface area contributed by atoms with Crippen LogP contribution in [0.1, 0.15) is 37.9 Å². The van der Waals surface area contributed by atoms with Crippen LogP contribution in [0.3, 0.4) is 0 Å². The van der Waals surface area contributed by atoms with Crippen LogP contribution < -0.4 is 9.80 Å². The average Bonchev–Trinajstić information content (AvgIpc) is 3.19. The maximum Gasteiger partial charge on any atom is 0.244 e. The number of benzene rings is 2. The third kappa shape index (κ3) is 3.06. The molecule has 5 nitrogen and oxygen atoms in total. The molecule has 3 heterocycles.